The van der Waals surface area contributed by atoms with Crippen molar-refractivity contribution < 1.29 is 4.79 Å². The van der Waals surface area contributed by atoms with Gasteiger partial charge in [0.05, 0.1) is 5.69 Å². The quantitative estimate of drug-likeness (QED) is 0.822. The van der Waals surface area contributed by atoms with Crippen LogP contribution in [0.3, 0.4) is 0 Å². The number of likely N-dealkylation sites (tertiary alicyclic amines) is 1. The predicted molar refractivity (Wildman–Crippen MR) is 76.6 cm³/mol. The lowest BCUT2D eigenvalue weighted by Crippen LogP contribution is -2.28. The minimum absolute atomic E-state index is 0.142. The summed E-state index contributed by atoms with van der Waals surface area (Å²) in [6, 6.07) is 0. The zero-order valence-electron chi connectivity index (χ0n) is 12.1. The van der Waals surface area contributed by atoms with Gasteiger partial charge in [-0.25, -0.2) is 9.97 Å². The van der Waals surface area contributed by atoms with Gasteiger partial charge in [-0.05, 0) is 6.42 Å². The van der Waals surface area contributed by atoms with E-state index < -0.39 is 0 Å². The van der Waals surface area contributed by atoms with Crippen LogP contribution in [-0.4, -0.2) is 47.5 Å². The number of fused-ring (bicyclic) bond motifs is 1. The molecule has 1 aromatic rings. The van der Waals surface area contributed by atoms with Gasteiger partial charge in [0.25, 0.3) is 0 Å². The van der Waals surface area contributed by atoms with E-state index in [-0.39, 0.29) is 11.8 Å². The molecule has 1 aromatic heterocycles. The van der Waals surface area contributed by atoms with Crippen molar-refractivity contribution in [3.05, 3.63) is 17.1 Å². The Morgan fingerprint density at radius 2 is 2.30 bits per heavy atom. The van der Waals surface area contributed by atoms with E-state index in [1.807, 2.05) is 11.9 Å². The topological polar surface area (TPSA) is 70.2 Å². The molecule has 0 bridgehead atoms. The zero-order valence-corrected chi connectivity index (χ0v) is 12.1. The normalized spacial score (nSPS) is 21.7. The van der Waals surface area contributed by atoms with Crippen LogP contribution in [0.2, 0.25) is 0 Å². The standard InChI is InChI=1S/C14H21N5O/c1-9(20)19-6-4-10(8-19)13-17-12-3-5-16-7-11(12)14(15-2)18-13/h10,16H,3-8H2,1-2H3,(H,15,17,18)/t10-/m1/s1. The number of aromatic nitrogens is 2. The number of nitrogens with one attached hydrogen (secondary N) is 2. The molecule has 3 heterocycles. The lowest BCUT2D eigenvalue weighted by atomic mass is 10.0. The molecule has 0 saturated carbocycles. The number of amides is 1. The van der Waals surface area contributed by atoms with Gasteiger partial charge in [-0.2, -0.15) is 0 Å². The number of carbonyl (C=O) groups is 1. The molecule has 20 heavy (non-hydrogen) atoms. The van der Waals surface area contributed by atoms with Gasteiger partial charge in [0.15, 0.2) is 0 Å². The summed E-state index contributed by atoms with van der Waals surface area (Å²) in [6.07, 6.45) is 1.91. The van der Waals surface area contributed by atoms with Crippen LogP contribution < -0.4 is 10.6 Å². The molecule has 1 atom stereocenters. The van der Waals surface area contributed by atoms with E-state index in [0.29, 0.717) is 0 Å². The largest absolute Gasteiger partial charge is 0.373 e. The molecule has 0 unspecified atom stereocenters. The van der Waals surface area contributed by atoms with E-state index in [9.17, 15) is 4.79 Å². The zero-order chi connectivity index (χ0) is 14.1. The van der Waals surface area contributed by atoms with Crippen molar-refractivity contribution in [1.82, 2.24) is 20.2 Å². The summed E-state index contributed by atoms with van der Waals surface area (Å²) < 4.78 is 0. The SMILES string of the molecule is CNc1nc([C@@H]2CCN(C(C)=O)C2)nc2c1CNCC2. The first kappa shape index (κ1) is 13.3. The molecule has 6 heteroatoms. The van der Waals surface area contributed by atoms with E-state index in [1.165, 1.54) is 5.56 Å². The molecule has 1 saturated heterocycles. The van der Waals surface area contributed by atoms with E-state index in [1.54, 1.807) is 6.92 Å². The van der Waals surface area contributed by atoms with E-state index in [0.717, 1.165) is 56.4 Å². The molecular formula is C14H21N5O. The highest BCUT2D eigenvalue weighted by atomic mass is 16.2. The van der Waals surface area contributed by atoms with Crippen molar-refractivity contribution in [2.45, 2.75) is 32.2 Å². The highest BCUT2D eigenvalue weighted by Gasteiger charge is 2.29. The van der Waals surface area contributed by atoms with Crippen molar-refractivity contribution >= 4 is 11.7 Å². The molecular weight excluding hydrogens is 254 g/mol. The van der Waals surface area contributed by atoms with Gasteiger partial charge < -0.3 is 15.5 Å². The van der Waals surface area contributed by atoms with E-state index in [4.69, 9.17) is 4.98 Å². The van der Waals surface area contributed by atoms with Crippen LogP contribution in [0.1, 0.15) is 36.3 Å². The molecule has 0 aliphatic carbocycles. The summed E-state index contributed by atoms with van der Waals surface area (Å²) in [5, 5.41) is 6.54. The molecule has 3 rings (SSSR count). The van der Waals surface area contributed by atoms with E-state index >= 15 is 0 Å². The van der Waals surface area contributed by atoms with Crippen LogP contribution in [-0.2, 0) is 17.8 Å². The first-order valence-corrected chi connectivity index (χ1v) is 7.22. The van der Waals surface area contributed by atoms with Gasteiger partial charge in [-0.1, -0.05) is 0 Å². The maximum atomic E-state index is 11.4. The van der Waals surface area contributed by atoms with Gasteiger partial charge in [-0.15, -0.1) is 0 Å². The van der Waals surface area contributed by atoms with Crippen LogP contribution in [0.4, 0.5) is 5.82 Å². The predicted octanol–water partition coefficient (Wildman–Crippen LogP) is 0.500. The second kappa shape index (κ2) is 5.36. The molecule has 0 aromatic carbocycles. The number of nitrogens with zero attached hydrogens (tertiary/aromatic N) is 3. The van der Waals surface area contributed by atoms with Crippen LogP contribution in [0, 0.1) is 0 Å². The molecule has 1 amide bonds. The first-order chi connectivity index (χ1) is 9.69. The second-order valence-electron chi connectivity index (χ2n) is 5.48. The molecule has 2 aliphatic rings. The van der Waals surface area contributed by atoms with Crippen molar-refractivity contribution in [3.8, 4) is 0 Å². The van der Waals surface area contributed by atoms with Crippen molar-refractivity contribution in [3.63, 3.8) is 0 Å². The first-order valence-electron chi connectivity index (χ1n) is 7.22. The van der Waals surface area contributed by atoms with Crippen LogP contribution in [0.15, 0.2) is 0 Å². The summed E-state index contributed by atoms with van der Waals surface area (Å²) >= 11 is 0. The Morgan fingerprint density at radius 3 is 3.00 bits per heavy atom. The minimum Gasteiger partial charge on any atom is -0.373 e. The maximum absolute atomic E-state index is 11.4. The van der Waals surface area contributed by atoms with Gasteiger partial charge in [0, 0.05) is 58.1 Å². The summed E-state index contributed by atoms with van der Waals surface area (Å²) in [4.78, 5) is 22.8. The molecule has 2 N–H and O–H groups in total. The monoisotopic (exact) mass is 275 g/mol. The molecule has 0 spiro atoms. The fraction of sp³-hybridized carbons (Fsp3) is 0.643. The number of anilines is 1. The maximum Gasteiger partial charge on any atom is 0.219 e. The average molecular weight is 275 g/mol. The van der Waals surface area contributed by atoms with Gasteiger partial charge in [0.2, 0.25) is 5.91 Å². The number of rotatable bonds is 2. The fourth-order valence-corrected chi connectivity index (χ4v) is 3.01. The Balaban J connectivity index is 1.89. The summed E-state index contributed by atoms with van der Waals surface area (Å²) in [5.41, 5.74) is 2.34. The van der Waals surface area contributed by atoms with E-state index in [2.05, 4.69) is 15.6 Å². The molecule has 6 nitrogen and oxygen atoms in total. The van der Waals surface area contributed by atoms with Gasteiger partial charge in [0.1, 0.15) is 11.6 Å². The Morgan fingerprint density at radius 1 is 1.45 bits per heavy atom. The van der Waals surface area contributed by atoms with Crippen molar-refractivity contribution in [2.75, 3.05) is 32.0 Å². The molecule has 108 valence electrons. The van der Waals surface area contributed by atoms with Gasteiger partial charge in [-0.3, -0.25) is 4.79 Å². The Labute approximate surface area is 119 Å². The number of hydrogen-bond donors (Lipinski definition) is 2. The molecule has 0 radical (unpaired) electrons. The molecule has 2 aliphatic heterocycles. The second-order valence-corrected chi connectivity index (χ2v) is 5.48. The van der Waals surface area contributed by atoms with Crippen molar-refractivity contribution in [1.29, 1.82) is 0 Å². The highest BCUT2D eigenvalue weighted by Crippen LogP contribution is 2.28. The third-order valence-corrected chi connectivity index (χ3v) is 4.19. The lowest BCUT2D eigenvalue weighted by Gasteiger charge is -2.21. The Kier molecular flexibility index (Phi) is 3.56. The smallest absolute Gasteiger partial charge is 0.219 e. The fourth-order valence-electron chi connectivity index (χ4n) is 3.01. The third-order valence-electron chi connectivity index (χ3n) is 4.19. The number of hydrogen-bond acceptors (Lipinski definition) is 5. The van der Waals surface area contributed by atoms with Crippen LogP contribution >= 0.6 is 0 Å². The Hall–Kier alpha value is -1.69. The third kappa shape index (κ3) is 2.35. The van der Waals surface area contributed by atoms with Crippen LogP contribution in [0.25, 0.3) is 0 Å². The Bertz CT molecular complexity index is 513. The minimum atomic E-state index is 0.142. The molecule has 1 fully saturated rings. The van der Waals surface area contributed by atoms with Crippen LogP contribution in [0.5, 0.6) is 0 Å². The summed E-state index contributed by atoms with van der Waals surface area (Å²) in [5.74, 6) is 2.23. The lowest BCUT2D eigenvalue weighted by molar-refractivity contribution is -0.127. The number of carbonyl (C=O) groups excluding carboxylic acids is 1. The average Bonchev–Trinajstić information content (AvgIpc) is 2.96. The summed E-state index contributed by atoms with van der Waals surface area (Å²) in [6.45, 7) is 4.99. The van der Waals surface area contributed by atoms with Crippen molar-refractivity contribution in [2.24, 2.45) is 0 Å². The summed E-state index contributed by atoms with van der Waals surface area (Å²) in [7, 11) is 1.90. The van der Waals surface area contributed by atoms with Gasteiger partial charge >= 0.3 is 0 Å². The highest BCUT2D eigenvalue weighted by molar-refractivity contribution is 5.73.